The molecule has 1 saturated carbocycles. The summed E-state index contributed by atoms with van der Waals surface area (Å²) in [5.41, 5.74) is 6.97. The van der Waals surface area contributed by atoms with Crippen molar-refractivity contribution >= 4 is 11.6 Å². The molecule has 20 heavy (non-hydrogen) atoms. The summed E-state index contributed by atoms with van der Waals surface area (Å²) in [4.78, 5) is 11.0. The first kappa shape index (κ1) is 13.4. The third-order valence-corrected chi connectivity index (χ3v) is 4.56. The predicted octanol–water partition coefficient (Wildman–Crippen LogP) is 2.69. The second-order valence-electron chi connectivity index (χ2n) is 5.99. The van der Waals surface area contributed by atoms with E-state index in [-0.39, 0.29) is 11.5 Å². The van der Waals surface area contributed by atoms with E-state index in [2.05, 4.69) is 5.32 Å². The number of nitrogens with one attached hydrogen (secondary N) is 1. The van der Waals surface area contributed by atoms with Crippen LogP contribution in [0.4, 0.5) is 5.69 Å². The Morgan fingerprint density at radius 1 is 1.25 bits per heavy atom. The minimum atomic E-state index is -0.390. The Morgan fingerprint density at radius 2 is 1.95 bits per heavy atom. The summed E-state index contributed by atoms with van der Waals surface area (Å²) in [5, 5.41) is 3.38. The van der Waals surface area contributed by atoms with Crippen molar-refractivity contribution in [2.45, 2.75) is 50.2 Å². The standard InChI is InChI=1S/C16H22N2O2/c17-15(19)12-3-5-13(6-4-12)18-11-14-7-10-16(20-14)8-1-2-9-16/h3-6,14,18H,1-2,7-11H2,(H2,17,19). The molecule has 1 amide bonds. The van der Waals surface area contributed by atoms with Crippen molar-refractivity contribution in [2.75, 3.05) is 11.9 Å². The molecular weight excluding hydrogens is 252 g/mol. The van der Waals surface area contributed by atoms with Gasteiger partial charge in [-0.25, -0.2) is 0 Å². The molecule has 4 nitrogen and oxygen atoms in total. The molecule has 2 fully saturated rings. The maximum absolute atomic E-state index is 11.0. The number of anilines is 1. The maximum atomic E-state index is 11.0. The Kier molecular flexibility index (Phi) is 3.66. The number of benzene rings is 1. The van der Waals surface area contributed by atoms with Gasteiger partial charge in [-0.15, -0.1) is 0 Å². The lowest BCUT2D eigenvalue weighted by molar-refractivity contribution is -0.0307. The molecule has 1 spiro atoms. The number of nitrogens with two attached hydrogens (primary N) is 1. The zero-order valence-electron chi connectivity index (χ0n) is 11.7. The summed E-state index contributed by atoms with van der Waals surface area (Å²) in [7, 11) is 0. The molecule has 1 aliphatic carbocycles. The number of primary amides is 1. The van der Waals surface area contributed by atoms with Gasteiger partial charge in [0.05, 0.1) is 11.7 Å². The van der Waals surface area contributed by atoms with Gasteiger partial charge in [0.15, 0.2) is 0 Å². The van der Waals surface area contributed by atoms with E-state index in [1.165, 1.54) is 32.1 Å². The van der Waals surface area contributed by atoms with E-state index in [4.69, 9.17) is 10.5 Å². The van der Waals surface area contributed by atoms with E-state index in [0.29, 0.717) is 11.7 Å². The molecule has 1 unspecified atom stereocenters. The summed E-state index contributed by atoms with van der Waals surface area (Å²) >= 11 is 0. The van der Waals surface area contributed by atoms with Gasteiger partial charge in [-0.2, -0.15) is 0 Å². The highest BCUT2D eigenvalue weighted by molar-refractivity contribution is 5.93. The Bertz CT molecular complexity index is 478. The number of amides is 1. The lowest BCUT2D eigenvalue weighted by Crippen LogP contribution is -2.27. The first-order valence-corrected chi connectivity index (χ1v) is 7.48. The van der Waals surface area contributed by atoms with Crippen molar-refractivity contribution in [3.05, 3.63) is 29.8 Å². The monoisotopic (exact) mass is 274 g/mol. The van der Waals surface area contributed by atoms with Crippen LogP contribution >= 0.6 is 0 Å². The van der Waals surface area contributed by atoms with Crippen molar-refractivity contribution in [1.82, 2.24) is 0 Å². The lowest BCUT2D eigenvalue weighted by atomic mass is 9.98. The average Bonchev–Trinajstić information content (AvgIpc) is 3.08. The highest BCUT2D eigenvalue weighted by Gasteiger charge is 2.41. The molecular formula is C16H22N2O2. The number of hydrogen-bond acceptors (Lipinski definition) is 3. The molecule has 1 aliphatic heterocycles. The Balaban J connectivity index is 1.51. The van der Waals surface area contributed by atoms with E-state index >= 15 is 0 Å². The van der Waals surface area contributed by atoms with Crippen LogP contribution in [0.25, 0.3) is 0 Å². The molecule has 3 N–H and O–H groups in total. The zero-order chi connectivity index (χ0) is 14.0. The lowest BCUT2D eigenvalue weighted by Gasteiger charge is -2.24. The molecule has 1 atom stereocenters. The van der Waals surface area contributed by atoms with Crippen LogP contribution in [-0.2, 0) is 4.74 Å². The summed E-state index contributed by atoms with van der Waals surface area (Å²) in [5.74, 6) is -0.390. The second kappa shape index (κ2) is 5.44. The molecule has 108 valence electrons. The van der Waals surface area contributed by atoms with Crippen LogP contribution in [0.15, 0.2) is 24.3 Å². The fourth-order valence-corrected chi connectivity index (χ4v) is 3.41. The molecule has 4 heteroatoms. The summed E-state index contributed by atoms with van der Waals surface area (Å²) in [6.07, 6.45) is 7.76. The van der Waals surface area contributed by atoms with Crippen molar-refractivity contribution in [1.29, 1.82) is 0 Å². The quantitative estimate of drug-likeness (QED) is 0.887. The summed E-state index contributed by atoms with van der Waals surface area (Å²) < 4.78 is 6.26. The predicted molar refractivity (Wildman–Crippen MR) is 78.8 cm³/mol. The second-order valence-corrected chi connectivity index (χ2v) is 5.99. The van der Waals surface area contributed by atoms with E-state index in [1.54, 1.807) is 12.1 Å². The van der Waals surface area contributed by atoms with Gasteiger partial charge in [-0.05, 0) is 49.9 Å². The van der Waals surface area contributed by atoms with Crippen LogP contribution in [0.1, 0.15) is 48.9 Å². The van der Waals surface area contributed by atoms with Crippen LogP contribution in [0.5, 0.6) is 0 Å². The van der Waals surface area contributed by atoms with Gasteiger partial charge < -0.3 is 15.8 Å². The Labute approximate surface area is 119 Å². The van der Waals surface area contributed by atoms with Crippen molar-refractivity contribution in [3.8, 4) is 0 Å². The van der Waals surface area contributed by atoms with Gasteiger partial charge in [0.2, 0.25) is 5.91 Å². The Hall–Kier alpha value is -1.55. The highest BCUT2D eigenvalue weighted by Crippen LogP contribution is 2.43. The van der Waals surface area contributed by atoms with Crippen molar-refractivity contribution < 1.29 is 9.53 Å². The van der Waals surface area contributed by atoms with Crippen LogP contribution in [-0.4, -0.2) is 24.2 Å². The molecule has 2 aliphatic rings. The maximum Gasteiger partial charge on any atom is 0.248 e. The van der Waals surface area contributed by atoms with Crippen LogP contribution in [0.3, 0.4) is 0 Å². The van der Waals surface area contributed by atoms with Crippen molar-refractivity contribution in [3.63, 3.8) is 0 Å². The number of carbonyl (C=O) groups excluding carboxylic acids is 1. The first-order valence-electron chi connectivity index (χ1n) is 7.48. The Morgan fingerprint density at radius 3 is 2.60 bits per heavy atom. The first-order chi connectivity index (χ1) is 9.67. The summed E-state index contributed by atoms with van der Waals surface area (Å²) in [6, 6.07) is 7.28. The molecule has 1 heterocycles. The fraction of sp³-hybridized carbons (Fsp3) is 0.562. The zero-order valence-corrected chi connectivity index (χ0v) is 11.7. The van der Waals surface area contributed by atoms with E-state index in [9.17, 15) is 4.79 Å². The largest absolute Gasteiger partial charge is 0.382 e. The molecule has 0 radical (unpaired) electrons. The van der Waals surface area contributed by atoms with Gasteiger partial charge in [0.25, 0.3) is 0 Å². The average molecular weight is 274 g/mol. The SMILES string of the molecule is NC(=O)c1ccc(NCC2CCC3(CCCC3)O2)cc1. The third kappa shape index (κ3) is 2.80. The van der Waals surface area contributed by atoms with Gasteiger partial charge >= 0.3 is 0 Å². The normalized spacial score (nSPS) is 24.1. The topological polar surface area (TPSA) is 64.4 Å². The minimum Gasteiger partial charge on any atom is -0.382 e. The number of carbonyl (C=O) groups is 1. The van der Waals surface area contributed by atoms with E-state index in [0.717, 1.165) is 18.7 Å². The molecule has 3 rings (SSSR count). The molecule has 1 aromatic rings. The van der Waals surface area contributed by atoms with Crippen LogP contribution < -0.4 is 11.1 Å². The molecule has 1 aromatic carbocycles. The number of ether oxygens (including phenoxy) is 1. The van der Waals surface area contributed by atoms with Gasteiger partial charge in [0.1, 0.15) is 0 Å². The third-order valence-electron chi connectivity index (χ3n) is 4.56. The van der Waals surface area contributed by atoms with Crippen LogP contribution in [0.2, 0.25) is 0 Å². The number of rotatable bonds is 4. The minimum absolute atomic E-state index is 0.197. The van der Waals surface area contributed by atoms with Crippen LogP contribution in [0, 0.1) is 0 Å². The van der Waals surface area contributed by atoms with Gasteiger partial charge in [-0.3, -0.25) is 4.79 Å². The van der Waals surface area contributed by atoms with E-state index < -0.39 is 0 Å². The van der Waals surface area contributed by atoms with Gasteiger partial charge in [-0.1, -0.05) is 12.8 Å². The molecule has 0 aromatic heterocycles. The van der Waals surface area contributed by atoms with E-state index in [1.807, 2.05) is 12.1 Å². The van der Waals surface area contributed by atoms with Gasteiger partial charge in [0, 0.05) is 17.8 Å². The smallest absolute Gasteiger partial charge is 0.248 e. The molecule has 1 saturated heterocycles. The van der Waals surface area contributed by atoms with Crippen molar-refractivity contribution in [2.24, 2.45) is 5.73 Å². The fourth-order valence-electron chi connectivity index (χ4n) is 3.41. The number of hydrogen-bond donors (Lipinski definition) is 2. The molecule has 0 bridgehead atoms. The summed E-state index contributed by atoms with van der Waals surface area (Å²) in [6.45, 7) is 0.831. The highest BCUT2D eigenvalue weighted by atomic mass is 16.5.